The molecule has 3 nitrogen and oxygen atoms in total. The lowest BCUT2D eigenvalue weighted by Gasteiger charge is -2.24. The first-order chi connectivity index (χ1) is 6.33. The van der Waals surface area contributed by atoms with Gasteiger partial charge in [0.2, 0.25) is 0 Å². The molecular weight excluding hydrogens is 186 g/mol. The molecule has 1 heterocycles. The highest BCUT2D eigenvalue weighted by Crippen LogP contribution is 2.05. The van der Waals surface area contributed by atoms with Gasteiger partial charge in [-0.05, 0) is 19.6 Å². The van der Waals surface area contributed by atoms with E-state index in [0.717, 1.165) is 25.3 Å². The van der Waals surface area contributed by atoms with Crippen LogP contribution in [0, 0.1) is 0 Å². The van der Waals surface area contributed by atoms with Crippen molar-refractivity contribution < 1.29 is 9.47 Å². The van der Waals surface area contributed by atoms with E-state index in [9.17, 15) is 0 Å². The van der Waals surface area contributed by atoms with Gasteiger partial charge in [-0.15, -0.1) is 0 Å². The molecule has 4 heteroatoms. The van der Waals surface area contributed by atoms with Crippen LogP contribution in [0.1, 0.15) is 13.3 Å². The maximum Gasteiger partial charge on any atom is 0.147 e. The third-order valence-corrected chi connectivity index (χ3v) is 2.92. The molecule has 2 atom stereocenters. The van der Waals surface area contributed by atoms with Crippen molar-refractivity contribution in [1.29, 1.82) is 0 Å². The number of rotatable bonds is 5. The second-order valence-electron chi connectivity index (χ2n) is 3.37. The van der Waals surface area contributed by atoms with Crippen molar-refractivity contribution in [2.24, 2.45) is 0 Å². The van der Waals surface area contributed by atoms with Gasteiger partial charge in [0, 0.05) is 18.3 Å². The topological polar surface area (TPSA) is 30.5 Å². The number of ether oxygens (including phenoxy) is 2. The van der Waals surface area contributed by atoms with Crippen LogP contribution in [0.4, 0.5) is 0 Å². The summed E-state index contributed by atoms with van der Waals surface area (Å²) in [6, 6.07) is 0.571. The van der Waals surface area contributed by atoms with Crippen LogP contribution in [0.25, 0.3) is 0 Å². The average molecular weight is 205 g/mol. The molecule has 0 saturated carbocycles. The number of thioether (sulfide) groups is 1. The Labute approximate surface area is 84.6 Å². The molecular formula is C9H19NO2S. The molecule has 0 aromatic carbocycles. The van der Waals surface area contributed by atoms with Crippen LogP contribution in [-0.2, 0) is 9.47 Å². The van der Waals surface area contributed by atoms with E-state index in [1.807, 2.05) is 11.8 Å². The first kappa shape index (κ1) is 11.3. The van der Waals surface area contributed by atoms with Gasteiger partial charge in [0.05, 0.1) is 12.7 Å². The maximum atomic E-state index is 5.41. The number of hydrogen-bond donors (Lipinski definition) is 1. The molecule has 78 valence electrons. The van der Waals surface area contributed by atoms with Crippen LogP contribution in [0.3, 0.4) is 0 Å². The highest BCUT2D eigenvalue weighted by molar-refractivity contribution is 7.98. The number of nitrogens with one attached hydrogen (secondary N) is 1. The second kappa shape index (κ2) is 6.65. The molecule has 2 unspecified atom stereocenters. The van der Waals surface area contributed by atoms with Crippen molar-refractivity contribution in [1.82, 2.24) is 5.32 Å². The van der Waals surface area contributed by atoms with Crippen molar-refractivity contribution in [2.75, 3.05) is 32.0 Å². The van der Waals surface area contributed by atoms with Gasteiger partial charge in [-0.1, -0.05) is 0 Å². The summed E-state index contributed by atoms with van der Waals surface area (Å²) in [6.45, 7) is 4.45. The fraction of sp³-hybridized carbons (Fsp3) is 1.00. The van der Waals surface area contributed by atoms with E-state index in [-0.39, 0.29) is 0 Å². The maximum absolute atomic E-state index is 5.41. The van der Waals surface area contributed by atoms with Gasteiger partial charge in [-0.25, -0.2) is 0 Å². The molecule has 1 fully saturated rings. The van der Waals surface area contributed by atoms with Gasteiger partial charge in [0.1, 0.15) is 6.79 Å². The summed E-state index contributed by atoms with van der Waals surface area (Å²) in [4.78, 5) is 0. The normalized spacial score (nSPS) is 25.8. The summed E-state index contributed by atoms with van der Waals surface area (Å²) in [5, 5.41) is 3.45. The van der Waals surface area contributed by atoms with Crippen molar-refractivity contribution in [3.63, 3.8) is 0 Å². The molecule has 0 amide bonds. The minimum atomic E-state index is 0.345. The minimum absolute atomic E-state index is 0.345. The van der Waals surface area contributed by atoms with Crippen LogP contribution in [0.2, 0.25) is 0 Å². The van der Waals surface area contributed by atoms with E-state index in [1.54, 1.807) is 0 Å². The van der Waals surface area contributed by atoms with Gasteiger partial charge in [-0.2, -0.15) is 11.8 Å². The quantitative estimate of drug-likeness (QED) is 0.728. The van der Waals surface area contributed by atoms with Crippen LogP contribution in [-0.4, -0.2) is 44.1 Å². The largest absolute Gasteiger partial charge is 0.355 e. The van der Waals surface area contributed by atoms with Crippen molar-refractivity contribution in [3.8, 4) is 0 Å². The van der Waals surface area contributed by atoms with Crippen LogP contribution in [0.15, 0.2) is 0 Å². The second-order valence-corrected chi connectivity index (χ2v) is 4.28. The molecule has 0 radical (unpaired) electrons. The third-order valence-electron chi connectivity index (χ3n) is 2.08. The molecule has 1 aliphatic heterocycles. The molecule has 1 N–H and O–H groups in total. The van der Waals surface area contributed by atoms with Crippen LogP contribution in [0.5, 0.6) is 0 Å². The Balaban J connectivity index is 2.03. The molecule has 1 rings (SSSR count). The van der Waals surface area contributed by atoms with Crippen LogP contribution >= 0.6 is 11.8 Å². The first-order valence-corrected chi connectivity index (χ1v) is 6.14. The van der Waals surface area contributed by atoms with Gasteiger partial charge < -0.3 is 14.8 Å². The average Bonchev–Trinajstić information content (AvgIpc) is 2.17. The zero-order chi connectivity index (χ0) is 9.52. The lowest BCUT2D eigenvalue weighted by Crippen LogP contribution is -2.39. The van der Waals surface area contributed by atoms with E-state index in [0.29, 0.717) is 18.9 Å². The molecule has 0 spiro atoms. The van der Waals surface area contributed by atoms with Gasteiger partial charge in [0.15, 0.2) is 0 Å². The standard InChI is InChI=1S/C9H19NO2S/c1-8(6-13-2)10-5-9-3-4-11-7-12-9/h8-10H,3-7H2,1-2H3. The Morgan fingerprint density at radius 1 is 1.62 bits per heavy atom. The smallest absolute Gasteiger partial charge is 0.147 e. The molecule has 0 bridgehead atoms. The van der Waals surface area contributed by atoms with Crippen molar-refractivity contribution >= 4 is 11.8 Å². The monoisotopic (exact) mass is 205 g/mol. The lowest BCUT2D eigenvalue weighted by molar-refractivity contribution is -0.137. The Bertz CT molecular complexity index is 129. The van der Waals surface area contributed by atoms with Gasteiger partial charge >= 0.3 is 0 Å². The predicted octanol–water partition coefficient (Wildman–Crippen LogP) is 1.09. The SMILES string of the molecule is CSCC(C)NCC1CCOCO1. The highest BCUT2D eigenvalue weighted by atomic mass is 32.2. The molecule has 0 aliphatic carbocycles. The number of hydrogen-bond acceptors (Lipinski definition) is 4. The molecule has 1 aliphatic rings. The van der Waals surface area contributed by atoms with Gasteiger partial charge in [-0.3, -0.25) is 0 Å². The van der Waals surface area contributed by atoms with E-state index < -0.39 is 0 Å². The van der Waals surface area contributed by atoms with Crippen molar-refractivity contribution in [2.45, 2.75) is 25.5 Å². The van der Waals surface area contributed by atoms with E-state index in [2.05, 4.69) is 18.5 Å². The predicted molar refractivity (Wildman–Crippen MR) is 56.2 cm³/mol. The fourth-order valence-electron chi connectivity index (χ4n) is 1.30. The highest BCUT2D eigenvalue weighted by Gasteiger charge is 2.14. The Morgan fingerprint density at radius 2 is 2.46 bits per heavy atom. The Morgan fingerprint density at radius 3 is 3.08 bits per heavy atom. The summed E-state index contributed by atoms with van der Waals surface area (Å²) >= 11 is 1.87. The summed E-state index contributed by atoms with van der Waals surface area (Å²) in [5.41, 5.74) is 0. The zero-order valence-electron chi connectivity index (χ0n) is 8.41. The zero-order valence-corrected chi connectivity index (χ0v) is 9.23. The summed E-state index contributed by atoms with van der Waals surface area (Å²) in [7, 11) is 0. The third kappa shape index (κ3) is 4.86. The first-order valence-electron chi connectivity index (χ1n) is 4.74. The fourth-order valence-corrected chi connectivity index (χ4v) is 1.92. The van der Waals surface area contributed by atoms with Crippen LogP contribution < -0.4 is 5.32 Å². The molecule has 0 aromatic heterocycles. The Kier molecular flexibility index (Phi) is 5.78. The Hall–Kier alpha value is 0.230. The molecule has 13 heavy (non-hydrogen) atoms. The molecule has 1 saturated heterocycles. The summed E-state index contributed by atoms with van der Waals surface area (Å²) in [6.07, 6.45) is 3.49. The van der Waals surface area contributed by atoms with E-state index in [4.69, 9.17) is 9.47 Å². The summed E-state index contributed by atoms with van der Waals surface area (Å²) < 4.78 is 10.5. The van der Waals surface area contributed by atoms with E-state index >= 15 is 0 Å². The lowest BCUT2D eigenvalue weighted by atomic mass is 10.2. The summed E-state index contributed by atoms with van der Waals surface area (Å²) in [5.74, 6) is 1.16. The van der Waals surface area contributed by atoms with E-state index in [1.165, 1.54) is 0 Å². The van der Waals surface area contributed by atoms with Crippen molar-refractivity contribution in [3.05, 3.63) is 0 Å². The minimum Gasteiger partial charge on any atom is -0.355 e. The molecule has 0 aromatic rings. The van der Waals surface area contributed by atoms with Gasteiger partial charge in [0.25, 0.3) is 0 Å².